The Kier molecular flexibility index (Phi) is 10.1. The van der Waals surface area contributed by atoms with Gasteiger partial charge in [-0.2, -0.15) is 0 Å². The molecular formula is C33H55BrO2. The first-order chi connectivity index (χ1) is 17.3. The highest BCUT2D eigenvalue weighted by Gasteiger charge is 2.58. The van der Waals surface area contributed by atoms with Crippen LogP contribution >= 0.6 is 15.9 Å². The highest BCUT2D eigenvalue weighted by molar-refractivity contribution is 9.10. The smallest absolute Gasteiger partial charge is 0.320 e. The molecule has 0 unspecified atom stereocenters. The van der Waals surface area contributed by atoms with Crippen molar-refractivity contribution in [3.63, 3.8) is 0 Å². The molecule has 0 radical (unpaired) electrons. The first-order valence-corrected chi connectivity index (χ1v) is 16.8. The SMILES string of the molecule is CCCCCCCC[C@@H]1CC[C@H]2[C@H]3CC=C4C[C@@H](OC(=O)[C@H](Br)CCCC)CC[C@]4(C)[C@@H]3CC[C@]12C. The highest BCUT2D eigenvalue weighted by Crippen LogP contribution is 2.66. The van der Waals surface area contributed by atoms with Crippen LogP contribution in [0.1, 0.15) is 143 Å². The molecule has 0 aromatic carbocycles. The molecule has 3 heteroatoms. The van der Waals surface area contributed by atoms with E-state index in [-0.39, 0.29) is 16.9 Å². The number of alkyl halides is 1. The average Bonchev–Trinajstić information content (AvgIpc) is 3.21. The zero-order valence-corrected chi connectivity index (χ0v) is 25.5. The third kappa shape index (κ3) is 5.96. The molecule has 0 aromatic rings. The maximum atomic E-state index is 12.6. The van der Waals surface area contributed by atoms with Crippen LogP contribution in [0.3, 0.4) is 0 Å². The molecule has 0 heterocycles. The lowest BCUT2D eigenvalue weighted by atomic mass is 9.47. The molecule has 206 valence electrons. The summed E-state index contributed by atoms with van der Waals surface area (Å²) in [5.41, 5.74) is 2.54. The summed E-state index contributed by atoms with van der Waals surface area (Å²) in [4.78, 5) is 12.5. The molecule has 36 heavy (non-hydrogen) atoms. The van der Waals surface area contributed by atoms with E-state index in [0.29, 0.717) is 10.8 Å². The highest BCUT2D eigenvalue weighted by atomic mass is 79.9. The quantitative estimate of drug-likeness (QED) is 0.102. The van der Waals surface area contributed by atoms with Gasteiger partial charge in [0.25, 0.3) is 0 Å². The number of hydrogen-bond acceptors (Lipinski definition) is 2. The summed E-state index contributed by atoms with van der Waals surface area (Å²) in [7, 11) is 0. The van der Waals surface area contributed by atoms with Gasteiger partial charge in [-0.05, 0) is 92.3 Å². The van der Waals surface area contributed by atoms with Crippen molar-refractivity contribution >= 4 is 21.9 Å². The Hall–Kier alpha value is -0.310. The van der Waals surface area contributed by atoms with Gasteiger partial charge in [0.2, 0.25) is 0 Å². The number of hydrogen-bond donors (Lipinski definition) is 0. The fourth-order valence-corrected chi connectivity index (χ4v) is 9.65. The summed E-state index contributed by atoms with van der Waals surface area (Å²) in [6, 6.07) is 0. The lowest BCUT2D eigenvalue weighted by Crippen LogP contribution is -2.50. The zero-order chi connectivity index (χ0) is 25.8. The fraction of sp³-hybridized carbons (Fsp3) is 0.909. The second-order valence-electron chi connectivity index (χ2n) is 13.5. The number of ether oxygens (including phenoxy) is 1. The summed E-state index contributed by atoms with van der Waals surface area (Å²) in [5, 5.41) is 0. The van der Waals surface area contributed by atoms with Crippen molar-refractivity contribution in [2.75, 3.05) is 0 Å². The minimum atomic E-state index is -0.141. The Balaban J connectivity index is 1.34. The summed E-state index contributed by atoms with van der Waals surface area (Å²) >= 11 is 3.57. The van der Waals surface area contributed by atoms with Gasteiger partial charge in [0.05, 0.1) is 0 Å². The van der Waals surface area contributed by atoms with E-state index in [9.17, 15) is 4.79 Å². The van der Waals surface area contributed by atoms with Crippen LogP contribution in [-0.4, -0.2) is 16.9 Å². The summed E-state index contributed by atoms with van der Waals surface area (Å²) in [6.45, 7) is 9.75. The third-order valence-electron chi connectivity index (χ3n) is 11.5. The Labute approximate surface area is 231 Å². The normalized spacial score (nSPS) is 38.5. The van der Waals surface area contributed by atoms with E-state index in [2.05, 4.69) is 49.7 Å². The van der Waals surface area contributed by atoms with Gasteiger partial charge in [0, 0.05) is 6.42 Å². The fourth-order valence-electron chi connectivity index (χ4n) is 9.22. The number of allylic oxidation sites excluding steroid dienone is 1. The monoisotopic (exact) mass is 562 g/mol. The maximum absolute atomic E-state index is 12.6. The first kappa shape index (κ1) is 28.7. The Morgan fingerprint density at radius 1 is 0.972 bits per heavy atom. The predicted octanol–water partition coefficient (Wildman–Crippen LogP) is 10.2. The van der Waals surface area contributed by atoms with Crippen molar-refractivity contribution in [3.8, 4) is 0 Å². The Bertz CT molecular complexity index is 761. The number of rotatable bonds is 12. The van der Waals surface area contributed by atoms with Crippen LogP contribution in [0.25, 0.3) is 0 Å². The molecule has 8 atom stereocenters. The van der Waals surface area contributed by atoms with Crippen LogP contribution in [0.5, 0.6) is 0 Å². The molecule has 0 N–H and O–H groups in total. The van der Waals surface area contributed by atoms with Gasteiger partial charge in [-0.3, -0.25) is 4.79 Å². The molecule has 0 aliphatic heterocycles. The van der Waals surface area contributed by atoms with Gasteiger partial charge >= 0.3 is 5.97 Å². The van der Waals surface area contributed by atoms with Gasteiger partial charge in [-0.25, -0.2) is 0 Å². The second kappa shape index (κ2) is 12.7. The Morgan fingerprint density at radius 3 is 2.50 bits per heavy atom. The molecule has 4 aliphatic rings. The third-order valence-corrected chi connectivity index (χ3v) is 12.3. The zero-order valence-electron chi connectivity index (χ0n) is 24.0. The van der Waals surface area contributed by atoms with E-state index in [0.717, 1.165) is 55.8 Å². The van der Waals surface area contributed by atoms with Crippen molar-refractivity contribution in [2.45, 2.75) is 154 Å². The second-order valence-corrected chi connectivity index (χ2v) is 14.7. The molecule has 4 rings (SSSR count). The summed E-state index contributed by atoms with van der Waals surface area (Å²) in [6.07, 6.45) is 26.1. The molecule has 3 fully saturated rings. The van der Waals surface area contributed by atoms with E-state index in [1.807, 2.05) is 0 Å². The predicted molar refractivity (Wildman–Crippen MR) is 155 cm³/mol. The van der Waals surface area contributed by atoms with E-state index in [1.165, 1.54) is 83.5 Å². The molecule has 0 aromatic heterocycles. The summed E-state index contributed by atoms with van der Waals surface area (Å²) < 4.78 is 6.02. The molecule has 4 aliphatic carbocycles. The van der Waals surface area contributed by atoms with E-state index >= 15 is 0 Å². The van der Waals surface area contributed by atoms with Crippen LogP contribution in [0.15, 0.2) is 11.6 Å². The Morgan fingerprint density at radius 2 is 1.72 bits per heavy atom. The van der Waals surface area contributed by atoms with Crippen molar-refractivity contribution < 1.29 is 9.53 Å². The van der Waals surface area contributed by atoms with Crippen molar-refractivity contribution in [2.24, 2.45) is 34.5 Å². The van der Waals surface area contributed by atoms with Crippen LogP contribution in [-0.2, 0) is 9.53 Å². The molecule has 0 spiro atoms. The number of halogens is 1. The number of carbonyl (C=O) groups is 1. The topological polar surface area (TPSA) is 26.3 Å². The van der Waals surface area contributed by atoms with Crippen molar-refractivity contribution in [3.05, 3.63) is 11.6 Å². The van der Waals surface area contributed by atoms with Crippen molar-refractivity contribution in [1.82, 2.24) is 0 Å². The number of unbranched alkanes of at least 4 members (excludes halogenated alkanes) is 6. The van der Waals surface area contributed by atoms with E-state index in [1.54, 1.807) is 5.57 Å². The maximum Gasteiger partial charge on any atom is 0.320 e. The molecule has 2 nitrogen and oxygen atoms in total. The minimum Gasteiger partial charge on any atom is -0.461 e. The lowest BCUT2D eigenvalue weighted by molar-refractivity contribution is -0.150. The minimum absolute atomic E-state index is 0.0397. The number of carbonyl (C=O) groups excluding carboxylic acids is 1. The van der Waals surface area contributed by atoms with E-state index in [4.69, 9.17) is 4.74 Å². The van der Waals surface area contributed by atoms with Gasteiger partial charge in [0.1, 0.15) is 10.9 Å². The number of fused-ring (bicyclic) bond motifs is 5. The van der Waals surface area contributed by atoms with Gasteiger partial charge in [-0.1, -0.05) is 107 Å². The van der Waals surface area contributed by atoms with Gasteiger partial charge in [-0.15, -0.1) is 0 Å². The largest absolute Gasteiger partial charge is 0.461 e. The molecule has 0 saturated heterocycles. The van der Waals surface area contributed by atoms with Gasteiger partial charge in [0.15, 0.2) is 0 Å². The van der Waals surface area contributed by atoms with Crippen LogP contribution in [0.4, 0.5) is 0 Å². The lowest BCUT2D eigenvalue weighted by Gasteiger charge is -2.58. The molecule has 0 amide bonds. The van der Waals surface area contributed by atoms with Gasteiger partial charge < -0.3 is 4.74 Å². The number of esters is 1. The summed E-state index contributed by atoms with van der Waals surface area (Å²) in [5.74, 6) is 3.58. The molecular weight excluding hydrogens is 508 g/mol. The van der Waals surface area contributed by atoms with Crippen molar-refractivity contribution in [1.29, 1.82) is 0 Å². The standard InChI is InChI=1S/C33H55BrO2/c1-5-7-9-10-11-12-13-24-16-18-28-27-17-15-25-23-26(36-31(35)30(34)14-8-6-2)19-21-33(25,4)29(27)20-22-32(24,28)3/h15,24,26-30H,5-14,16-23H2,1-4H3/t24-,26+,27-,28+,29-,30-,32-,33+/m1/s1. The van der Waals surface area contributed by atoms with E-state index < -0.39 is 0 Å². The molecule has 3 saturated carbocycles. The van der Waals surface area contributed by atoms with Crippen LogP contribution in [0.2, 0.25) is 0 Å². The first-order valence-electron chi connectivity index (χ1n) is 15.9. The van der Waals surface area contributed by atoms with Crippen LogP contribution in [0, 0.1) is 34.5 Å². The molecule has 0 bridgehead atoms. The average molecular weight is 564 g/mol. The van der Waals surface area contributed by atoms with Crippen LogP contribution < -0.4 is 0 Å².